The largest absolute Gasteiger partial charge is 0.393 e. The highest BCUT2D eigenvalue weighted by Gasteiger charge is 2.18. The van der Waals surface area contributed by atoms with Gasteiger partial charge in [0.1, 0.15) is 4.88 Å². The number of nitrogens with one attached hydrogen (secondary N) is 1. The van der Waals surface area contributed by atoms with Gasteiger partial charge in [0.2, 0.25) is 0 Å². The lowest BCUT2D eigenvalue weighted by molar-refractivity contribution is 0.0948. The highest BCUT2D eigenvalue weighted by molar-refractivity contribution is 7.08. The molecule has 1 aromatic heterocycles. The number of aliphatic hydroxyl groups is 1. The van der Waals surface area contributed by atoms with Crippen LogP contribution in [0, 0.1) is 0 Å². The lowest BCUT2D eigenvalue weighted by Crippen LogP contribution is -2.26. The average molecular weight is 243 g/mol. The van der Waals surface area contributed by atoms with Gasteiger partial charge in [-0.2, -0.15) is 0 Å². The van der Waals surface area contributed by atoms with Crippen LogP contribution >= 0.6 is 11.5 Å². The van der Waals surface area contributed by atoms with E-state index in [9.17, 15) is 4.79 Å². The molecule has 0 aliphatic rings. The maximum atomic E-state index is 11.8. The standard InChI is InChI=1S/C10H17N3O2S/c1-6(2)8-9(16-13-12-8)10(15)11-5-4-7(3)14/h6-7,14H,4-5H2,1-3H3,(H,11,15). The number of carbonyl (C=O) groups is 1. The number of hydrogen-bond donors (Lipinski definition) is 2. The molecule has 1 amide bonds. The van der Waals surface area contributed by atoms with Crippen molar-refractivity contribution in [2.75, 3.05) is 6.54 Å². The zero-order chi connectivity index (χ0) is 12.1. The number of aromatic nitrogens is 2. The molecule has 0 aliphatic heterocycles. The van der Waals surface area contributed by atoms with Gasteiger partial charge in [-0.25, -0.2) is 0 Å². The monoisotopic (exact) mass is 243 g/mol. The second-order valence-corrected chi connectivity index (χ2v) is 4.79. The SMILES string of the molecule is CC(O)CCNC(=O)c1snnc1C(C)C. The first-order chi connectivity index (χ1) is 7.52. The first kappa shape index (κ1) is 13.1. The van der Waals surface area contributed by atoms with Crippen LogP contribution in [0.5, 0.6) is 0 Å². The van der Waals surface area contributed by atoms with Crippen LogP contribution in [0.1, 0.15) is 48.5 Å². The van der Waals surface area contributed by atoms with Crippen LogP contribution < -0.4 is 5.32 Å². The zero-order valence-electron chi connectivity index (χ0n) is 9.73. The summed E-state index contributed by atoms with van der Waals surface area (Å²) < 4.78 is 3.79. The highest BCUT2D eigenvalue weighted by Crippen LogP contribution is 2.19. The Balaban J connectivity index is 2.56. The number of hydrogen-bond acceptors (Lipinski definition) is 5. The van der Waals surface area contributed by atoms with E-state index in [-0.39, 0.29) is 11.8 Å². The second-order valence-electron chi connectivity index (χ2n) is 4.04. The van der Waals surface area contributed by atoms with E-state index in [1.807, 2.05) is 13.8 Å². The van der Waals surface area contributed by atoms with E-state index < -0.39 is 6.10 Å². The van der Waals surface area contributed by atoms with Crippen LogP contribution in [-0.4, -0.2) is 33.2 Å². The van der Waals surface area contributed by atoms with E-state index in [1.165, 1.54) is 0 Å². The molecule has 90 valence electrons. The molecular formula is C10H17N3O2S. The third-order valence-electron chi connectivity index (χ3n) is 2.11. The molecular weight excluding hydrogens is 226 g/mol. The molecule has 0 aromatic carbocycles. The molecule has 5 nitrogen and oxygen atoms in total. The van der Waals surface area contributed by atoms with Crippen molar-refractivity contribution in [3.63, 3.8) is 0 Å². The van der Waals surface area contributed by atoms with E-state index in [0.717, 1.165) is 17.2 Å². The molecule has 0 saturated heterocycles. The normalized spacial score (nSPS) is 12.8. The number of carbonyl (C=O) groups excluding carboxylic acids is 1. The maximum Gasteiger partial charge on any atom is 0.264 e. The van der Waals surface area contributed by atoms with Crippen LogP contribution in [0.25, 0.3) is 0 Å². The number of nitrogens with zero attached hydrogens (tertiary/aromatic N) is 2. The summed E-state index contributed by atoms with van der Waals surface area (Å²) in [6.07, 6.45) is 0.152. The fraction of sp³-hybridized carbons (Fsp3) is 0.700. The molecule has 0 spiro atoms. The zero-order valence-corrected chi connectivity index (χ0v) is 10.5. The van der Waals surface area contributed by atoms with E-state index >= 15 is 0 Å². The number of amides is 1. The molecule has 6 heteroatoms. The van der Waals surface area contributed by atoms with Crippen molar-refractivity contribution in [3.8, 4) is 0 Å². The Morgan fingerprint density at radius 1 is 1.50 bits per heavy atom. The van der Waals surface area contributed by atoms with Crippen molar-refractivity contribution in [2.24, 2.45) is 0 Å². The first-order valence-electron chi connectivity index (χ1n) is 5.31. The summed E-state index contributed by atoms with van der Waals surface area (Å²) in [5.41, 5.74) is 0.736. The van der Waals surface area contributed by atoms with Gasteiger partial charge in [0.05, 0.1) is 11.8 Å². The summed E-state index contributed by atoms with van der Waals surface area (Å²) in [4.78, 5) is 12.3. The third kappa shape index (κ3) is 3.53. The quantitative estimate of drug-likeness (QED) is 0.813. The predicted molar refractivity (Wildman–Crippen MR) is 62.6 cm³/mol. The second kappa shape index (κ2) is 5.91. The van der Waals surface area contributed by atoms with Crippen LogP contribution in [-0.2, 0) is 0 Å². The average Bonchev–Trinajstić information content (AvgIpc) is 2.65. The Hall–Kier alpha value is -1.01. The predicted octanol–water partition coefficient (Wildman–Crippen LogP) is 1.16. The third-order valence-corrected chi connectivity index (χ3v) is 2.85. The fourth-order valence-electron chi connectivity index (χ4n) is 1.21. The summed E-state index contributed by atoms with van der Waals surface area (Å²) in [6.45, 7) is 6.11. The summed E-state index contributed by atoms with van der Waals surface area (Å²) >= 11 is 1.11. The van der Waals surface area contributed by atoms with Gasteiger partial charge in [-0.1, -0.05) is 18.3 Å². The van der Waals surface area contributed by atoms with Gasteiger partial charge in [0, 0.05) is 6.54 Å². The molecule has 0 bridgehead atoms. The Kier molecular flexibility index (Phi) is 4.82. The first-order valence-corrected chi connectivity index (χ1v) is 6.08. The number of rotatable bonds is 5. The van der Waals surface area contributed by atoms with Crippen LogP contribution in [0.3, 0.4) is 0 Å². The summed E-state index contributed by atoms with van der Waals surface area (Å²) in [5.74, 6) is 0.0376. The van der Waals surface area contributed by atoms with Crippen molar-refractivity contribution in [3.05, 3.63) is 10.6 Å². The maximum absolute atomic E-state index is 11.8. The summed E-state index contributed by atoms with van der Waals surface area (Å²) in [7, 11) is 0. The van der Waals surface area contributed by atoms with Crippen LogP contribution in [0.15, 0.2) is 0 Å². The molecule has 1 unspecified atom stereocenters. The van der Waals surface area contributed by atoms with Crippen LogP contribution in [0.2, 0.25) is 0 Å². The van der Waals surface area contributed by atoms with Crippen molar-refractivity contribution < 1.29 is 9.90 Å². The molecule has 1 rings (SSSR count). The fourth-order valence-corrected chi connectivity index (χ4v) is 1.94. The molecule has 16 heavy (non-hydrogen) atoms. The molecule has 0 aliphatic carbocycles. The van der Waals surface area contributed by atoms with Crippen molar-refractivity contribution >= 4 is 17.4 Å². The van der Waals surface area contributed by atoms with E-state index in [0.29, 0.717) is 17.8 Å². The Morgan fingerprint density at radius 3 is 2.75 bits per heavy atom. The van der Waals surface area contributed by atoms with Gasteiger partial charge in [0.15, 0.2) is 0 Å². The smallest absolute Gasteiger partial charge is 0.264 e. The molecule has 2 N–H and O–H groups in total. The molecule has 0 radical (unpaired) electrons. The molecule has 0 fully saturated rings. The minimum Gasteiger partial charge on any atom is -0.393 e. The molecule has 1 atom stereocenters. The van der Waals surface area contributed by atoms with Gasteiger partial charge < -0.3 is 10.4 Å². The van der Waals surface area contributed by atoms with E-state index in [2.05, 4.69) is 14.9 Å². The van der Waals surface area contributed by atoms with Gasteiger partial charge in [0.25, 0.3) is 5.91 Å². The minimum atomic E-state index is -0.399. The summed E-state index contributed by atoms with van der Waals surface area (Å²) in [5, 5.41) is 15.7. The lowest BCUT2D eigenvalue weighted by atomic mass is 10.1. The lowest BCUT2D eigenvalue weighted by Gasteiger charge is -2.07. The van der Waals surface area contributed by atoms with E-state index in [4.69, 9.17) is 5.11 Å². The van der Waals surface area contributed by atoms with Gasteiger partial charge in [-0.05, 0) is 30.8 Å². The molecule has 1 heterocycles. The minimum absolute atomic E-state index is 0.153. The summed E-state index contributed by atoms with van der Waals surface area (Å²) in [6, 6.07) is 0. The highest BCUT2D eigenvalue weighted by atomic mass is 32.1. The van der Waals surface area contributed by atoms with Gasteiger partial charge >= 0.3 is 0 Å². The molecule has 0 saturated carbocycles. The topological polar surface area (TPSA) is 75.1 Å². The van der Waals surface area contributed by atoms with Crippen LogP contribution in [0.4, 0.5) is 0 Å². The van der Waals surface area contributed by atoms with Crippen molar-refractivity contribution in [2.45, 2.75) is 39.2 Å². The Bertz CT molecular complexity index is 350. The van der Waals surface area contributed by atoms with Gasteiger partial charge in [-0.3, -0.25) is 4.79 Å². The van der Waals surface area contributed by atoms with Gasteiger partial charge in [-0.15, -0.1) is 5.10 Å². The molecule has 1 aromatic rings. The van der Waals surface area contributed by atoms with E-state index in [1.54, 1.807) is 6.92 Å². The van der Waals surface area contributed by atoms with Crippen molar-refractivity contribution in [1.29, 1.82) is 0 Å². The van der Waals surface area contributed by atoms with Crippen molar-refractivity contribution in [1.82, 2.24) is 14.9 Å². The number of aliphatic hydroxyl groups excluding tert-OH is 1. The Morgan fingerprint density at radius 2 is 2.19 bits per heavy atom. The Labute approximate surface area is 99.0 Å².